The van der Waals surface area contributed by atoms with E-state index in [-0.39, 0.29) is 11.7 Å². The smallest absolute Gasteiger partial charge is 0.257 e. The lowest BCUT2D eigenvalue weighted by molar-refractivity contribution is 0.102. The number of carbonyl (C=O) groups excluding carboxylic acids is 1. The van der Waals surface area contributed by atoms with Gasteiger partial charge >= 0.3 is 0 Å². The molecule has 0 aliphatic heterocycles. The van der Waals surface area contributed by atoms with Crippen molar-refractivity contribution in [2.75, 3.05) is 5.32 Å². The quantitative estimate of drug-likeness (QED) is 0.567. The fourth-order valence-corrected chi connectivity index (χ4v) is 3.12. The summed E-state index contributed by atoms with van der Waals surface area (Å²) >= 11 is 0. The number of benzene rings is 3. The molecule has 4 rings (SSSR count). The van der Waals surface area contributed by atoms with Crippen LogP contribution in [0.3, 0.4) is 0 Å². The Morgan fingerprint density at radius 1 is 0.923 bits per heavy atom. The number of aromatic nitrogens is 1. The first-order valence-corrected chi connectivity index (χ1v) is 8.43. The number of phenolic OH excluding ortho intramolecular Hbond substituents is 1. The van der Waals surface area contributed by atoms with Crippen LogP contribution >= 0.6 is 0 Å². The number of nitrogens with zero attached hydrogens (tertiary/aromatic N) is 1. The zero-order valence-corrected chi connectivity index (χ0v) is 14.1. The molecule has 3 aromatic carbocycles. The minimum absolute atomic E-state index is 0.120. The van der Waals surface area contributed by atoms with Crippen molar-refractivity contribution in [1.29, 1.82) is 0 Å². The summed E-state index contributed by atoms with van der Waals surface area (Å²) in [6, 6.07) is 24.6. The van der Waals surface area contributed by atoms with Crippen molar-refractivity contribution in [1.82, 2.24) is 4.57 Å². The molecule has 2 N–H and O–H groups in total. The molecule has 4 nitrogen and oxygen atoms in total. The summed E-state index contributed by atoms with van der Waals surface area (Å²) in [5, 5.41) is 13.3. The number of anilines is 1. The normalized spacial score (nSPS) is 10.8. The molecule has 0 bridgehead atoms. The van der Waals surface area contributed by atoms with Gasteiger partial charge in [-0.3, -0.25) is 4.79 Å². The van der Waals surface area contributed by atoms with Gasteiger partial charge in [-0.25, -0.2) is 0 Å². The van der Waals surface area contributed by atoms with Gasteiger partial charge in [0.25, 0.3) is 5.91 Å². The van der Waals surface area contributed by atoms with Gasteiger partial charge in [0.05, 0.1) is 5.56 Å². The maximum atomic E-state index is 12.8. The van der Waals surface area contributed by atoms with E-state index >= 15 is 0 Å². The predicted molar refractivity (Wildman–Crippen MR) is 104 cm³/mol. The Morgan fingerprint density at radius 3 is 2.50 bits per heavy atom. The Balaban J connectivity index is 1.70. The van der Waals surface area contributed by atoms with Crippen molar-refractivity contribution in [3.8, 4) is 5.75 Å². The molecule has 0 aliphatic rings. The Hall–Kier alpha value is -3.53. The van der Waals surface area contributed by atoms with Crippen molar-refractivity contribution in [2.24, 2.45) is 0 Å². The molecular weight excluding hydrogens is 324 g/mol. The summed E-state index contributed by atoms with van der Waals surface area (Å²) in [7, 11) is 0. The Labute approximate surface area is 151 Å². The first-order chi connectivity index (χ1) is 12.7. The molecule has 0 aliphatic carbocycles. The van der Waals surface area contributed by atoms with Gasteiger partial charge in [-0.1, -0.05) is 54.6 Å². The van der Waals surface area contributed by atoms with Gasteiger partial charge in [0, 0.05) is 35.4 Å². The highest BCUT2D eigenvalue weighted by Gasteiger charge is 2.15. The first-order valence-electron chi connectivity index (χ1n) is 8.43. The summed E-state index contributed by atoms with van der Waals surface area (Å²) in [5.74, 6) is -0.0760. The van der Waals surface area contributed by atoms with Crippen molar-refractivity contribution in [3.05, 3.63) is 96.2 Å². The standard InChI is InChI=1S/C22H18N2O2/c25-18-10-6-9-17(13-18)23-22(26)20-15-24(14-16-7-2-1-3-8-16)21-12-5-4-11-19(20)21/h1-13,15,25H,14H2,(H,23,26). The minimum Gasteiger partial charge on any atom is -0.508 e. The second-order valence-electron chi connectivity index (χ2n) is 6.18. The van der Waals surface area contributed by atoms with E-state index in [9.17, 15) is 9.90 Å². The fraction of sp³-hybridized carbons (Fsp3) is 0.0455. The van der Waals surface area contributed by atoms with Crippen LogP contribution in [0.2, 0.25) is 0 Å². The monoisotopic (exact) mass is 342 g/mol. The number of carbonyl (C=O) groups is 1. The molecule has 0 fully saturated rings. The molecule has 128 valence electrons. The van der Waals surface area contributed by atoms with Gasteiger partial charge < -0.3 is 15.0 Å². The molecule has 0 saturated carbocycles. The SMILES string of the molecule is O=C(Nc1cccc(O)c1)c1cn(Cc2ccccc2)c2ccccc12. The van der Waals surface area contributed by atoms with Crippen LogP contribution < -0.4 is 5.32 Å². The van der Waals surface area contributed by atoms with E-state index in [1.54, 1.807) is 18.2 Å². The number of rotatable bonds is 4. The van der Waals surface area contributed by atoms with E-state index < -0.39 is 0 Å². The lowest BCUT2D eigenvalue weighted by Crippen LogP contribution is -2.11. The van der Waals surface area contributed by atoms with Gasteiger partial charge in [0.2, 0.25) is 0 Å². The minimum atomic E-state index is -0.196. The molecule has 0 atom stereocenters. The molecule has 0 radical (unpaired) electrons. The number of phenols is 1. The lowest BCUT2D eigenvalue weighted by Gasteiger charge is -2.05. The summed E-state index contributed by atoms with van der Waals surface area (Å²) in [4.78, 5) is 12.8. The third kappa shape index (κ3) is 3.17. The van der Waals surface area contributed by atoms with Crippen LogP contribution in [-0.4, -0.2) is 15.6 Å². The largest absolute Gasteiger partial charge is 0.508 e. The van der Waals surface area contributed by atoms with Gasteiger partial charge in [0.1, 0.15) is 5.75 Å². The van der Waals surface area contributed by atoms with Gasteiger partial charge in [-0.05, 0) is 23.8 Å². The number of fused-ring (bicyclic) bond motifs is 1. The van der Waals surface area contributed by atoms with Crippen LogP contribution in [0.4, 0.5) is 5.69 Å². The molecule has 1 amide bonds. The van der Waals surface area contributed by atoms with Crippen molar-refractivity contribution >= 4 is 22.5 Å². The highest BCUT2D eigenvalue weighted by molar-refractivity contribution is 6.13. The number of nitrogens with one attached hydrogen (secondary N) is 1. The average molecular weight is 342 g/mol. The highest BCUT2D eigenvalue weighted by Crippen LogP contribution is 2.24. The van der Waals surface area contributed by atoms with E-state index in [1.165, 1.54) is 11.6 Å². The molecule has 1 aromatic heterocycles. The van der Waals surface area contributed by atoms with E-state index in [0.29, 0.717) is 17.8 Å². The maximum Gasteiger partial charge on any atom is 0.257 e. The summed E-state index contributed by atoms with van der Waals surface area (Å²) in [6.07, 6.45) is 1.88. The van der Waals surface area contributed by atoms with Gasteiger partial charge in [-0.15, -0.1) is 0 Å². The van der Waals surface area contributed by atoms with E-state index in [1.807, 2.05) is 48.7 Å². The molecular formula is C22H18N2O2. The molecule has 1 heterocycles. The van der Waals surface area contributed by atoms with E-state index in [2.05, 4.69) is 22.0 Å². The summed E-state index contributed by atoms with van der Waals surface area (Å²) < 4.78 is 2.09. The second kappa shape index (κ2) is 6.76. The number of amides is 1. The maximum absolute atomic E-state index is 12.8. The number of hydrogen-bond donors (Lipinski definition) is 2. The predicted octanol–water partition coefficient (Wildman–Crippen LogP) is 4.65. The van der Waals surface area contributed by atoms with Crippen LogP contribution in [-0.2, 0) is 6.54 Å². The Bertz CT molecular complexity index is 1070. The van der Waals surface area contributed by atoms with Crippen molar-refractivity contribution in [2.45, 2.75) is 6.54 Å². The van der Waals surface area contributed by atoms with Crippen molar-refractivity contribution in [3.63, 3.8) is 0 Å². The summed E-state index contributed by atoms with van der Waals surface area (Å²) in [5.41, 5.74) is 3.36. The van der Waals surface area contributed by atoms with Gasteiger partial charge in [-0.2, -0.15) is 0 Å². The van der Waals surface area contributed by atoms with E-state index in [4.69, 9.17) is 0 Å². The van der Waals surface area contributed by atoms with Crippen LogP contribution in [0.5, 0.6) is 5.75 Å². The third-order valence-electron chi connectivity index (χ3n) is 4.33. The number of para-hydroxylation sites is 1. The number of aromatic hydroxyl groups is 1. The van der Waals surface area contributed by atoms with Crippen LogP contribution in [0.15, 0.2) is 85.1 Å². The molecule has 4 heteroatoms. The van der Waals surface area contributed by atoms with Crippen LogP contribution in [0, 0.1) is 0 Å². The van der Waals surface area contributed by atoms with Crippen LogP contribution in [0.1, 0.15) is 15.9 Å². The van der Waals surface area contributed by atoms with Crippen LogP contribution in [0.25, 0.3) is 10.9 Å². The zero-order chi connectivity index (χ0) is 17.9. The topological polar surface area (TPSA) is 54.3 Å². The molecule has 0 saturated heterocycles. The Morgan fingerprint density at radius 2 is 1.69 bits per heavy atom. The number of hydrogen-bond acceptors (Lipinski definition) is 2. The molecule has 4 aromatic rings. The van der Waals surface area contributed by atoms with Gasteiger partial charge in [0.15, 0.2) is 0 Å². The van der Waals surface area contributed by atoms with E-state index in [0.717, 1.165) is 10.9 Å². The lowest BCUT2D eigenvalue weighted by atomic mass is 10.1. The first kappa shape index (κ1) is 16.0. The summed E-state index contributed by atoms with van der Waals surface area (Å²) in [6.45, 7) is 0.695. The zero-order valence-electron chi connectivity index (χ0n) is 14.1. The molecule has 0 unspecified atom stereocenters. The third-order valence-corrected chi connectivity index (χ3v) is 4.33. The van der Waals surface area contributed by atoms with Crippen molar-refractivity contribution < 1.29 is 9.90 Å². The average Bonchev–Trinajstić information content (AvgIpc) is 3.01. The second-order valence-corrected chi connectivity index (χ2v) is 6.18. The Kier molecular flexibility index (Phi) is 4.15. The highest BCUT2D eigenvalue weighted by atomic mass is 16.3. The molecule has 0 spiro atoms. The molecule has 26 heavy (non-hydrogen) atoms. The fourth-order valence-electron chi connectivity index (χ4n) is 3.12.